The average molecular weight is 378 g/mol. The van der Waals surface area contributed by atoms with Gasteiger partial charge in [-0.05, 0) is 64.8 Å². The smallest absolute Gasteiger partial charge is 0.161 e. The van der Waals surface area contributed by atoms with Crippen LogP contribution in [0.2, 0.25) is 0 Å². The van der Waals surface area contributed by atoms with Gasteiger partial charge in [-0.1, -0.05) is 13.0 Å². The number of hydrogen-bond acceptors (Lipinski definition) is 5. The van der Waals surface area contributed by atoms with Crippen molar-refractivity contribution >= 4 is 0 Å². The van der Waals surface area contributed by atoms with Crippen molar-refractivity contribution in [1.82, 2.24) is 4.90 Å². The number of likely N-dealkylation sites (tertiary alicyclic amines) is 1. The van der Waals surface area contributed by atoms with Crippen molar-refractivity contribution in [2.45, 2.75) is 64.2 Å². The zero-order chi connectivity index (χ0) is 19.8. The van der Waals surface area contributed by atoms with Gasteiger partial charge in [-0.15, -0.1) is 0 Å². The van der Waals surface area contributed by atoms with E-state index in [1.807, 2.05) is 13.0 Å². The average Bonchev–Trinajstić information content (AvgIpc) is 2.64. The molecule has 1 aromatic rings. The minimum Gasteiger partial charge on any atom is -0.504 e. The van der Waals surface area contributed by atoms with Gasteiger partial charge in [-0.3, -0.25) is 0 Å². The molecule has 0 radical (unpaired) electrons. The van der Waals surface area contributed by atoms with Crippen molar-refractivity contribution in [1.29, 1.82) is 0 Å². The van der Waals surface area contributed by atoms with Gasteiger partial charge in [0.15, 0.2) is 11.5 Å². The number of phenols is 1. The molecule has 5 atom stereocenters. The van der Waals surface area contributed by atoms with E-state index in [1.165, 1.54) is 5.56 Å². The highest BCUT2D eigenvalue weighted by molar-refractivity contribution is 5.56. The fourth-order valence-electron chi connectivity index (χ4n) is 5.02. The Kier molecular flexibility index (Phi) is 6.04. The molecule has 1 N–H and O–H groups in total. The fraction of sp³-hybridized carbons (Fsp3) is 0.727. The quantitative estimate of drug-likeness (QED) is 0.790. The van der Waals surface area contributed by atoms with Crippen LogP contribution < -0.4 is 4.74 Å². The van der Waals surface area contributed by atoms with Gasteiger partial charge in [0.05, 0.1) is 25.9 Å². The van der Waals surface area contributed by atoms with Gasteiger partial charge in [0, 0.05) is 23.6 Å². The van der Waals surface area contributed by atoms with Crippen LogP contribution in [-0.4, -0.2) is 62.2 Å². The number of likely N-dealkylation sites (N-methyl/N-ethyl adjacent to an activating group) is 1. The maximum absolute atomic E-state index is 11.0. The first-order valence-corrected chi connectivity index (χ1v) is 10.2. The minimum absolute atomic E-state index is 0.00255. The molecule has 0 amide bonds. The number of hydrogen-bond donors (Lipinski definition) is 1. The van der Waals surface area contributed by atoms with E-state index in [0.717, 1.165) is 24.9 Å². The highest BCUT2D eigenvalue weighted by atomic mass is 16.5. The van der Waals surface area contributed by atoms with Crippen LogP contribution in [-0.2, 0) is 21.3 Å². The normalized spacial score (nSPS) is 29.9. The number of rotatable bonds is 7. The summed E-state index contributed by atoms with van der Waals surface area (Å²) in [6.07, 6.45) is 1.97. The van der Waals surface area contributed by atoms with Crippen LogP contribution in [0.25, 0.3) is 0 Å². The Morgan fingerprint density at radius 1 is 1.26 bits per heavy atom. The SMILES string of the molecule is CCOC(C)C(C)OC[C@]12CCN(C)[C@H](Cc3ccc(OC)c(O)c31)C2C. The van der Waals surface area contributed by atoms with Crippen LogP contribution in [0.15, 0.2) is 12.1 Å². The molecule has 5 nitrogen and oxygen atoms in total. The minimum atomic E-state index is -0.205. The van der Waals surface area contributed by atoms with Crippen LogP contribution in [0.5, 0.6) is 11.5 Å². The van der Waals surface area contributed by atoms with Crippen molar-refractivity contribution < 1.29 is 19.3 Å². The highest BCUT2D eigenvalue weighted by Crippen LogP contribution is 2.53. The summed E-state index contributed by atoms with van der Waals surface area (Å²) in [5.41, 5.74) is 2.05. The van der Waals surface area contributed by atoms with Crippen LogP contribution in [0, 0.1) is 5.92 Å². The van der Waals surface area contributed by atoms with Crippen molar-refractivity contribution in [2.24, 2.45) is 5.92 Å². The molecule has 3 rings (SSSR count). The van der Waals surface area contributed by atoms with Crippen molar-refractivity contribution in [3.8, 4) is 11.5 Å². The largest absolute Gasteiger partial charge is 0.504 e. The monoisotopic (exact) mass is 377 g/mol. The van der Waals surface area contributed by atoms with E-state index in [0.29, 0.717) is 36.7 Å². The van der Waals surface area contributed by atoms with Crippen LogP contribution >= 0.6 is 0 Å². The van der Waals surface area contributed by atoms with Gasteiger partial charge in [-0.2, -0.15) is 0 Å². The van der Waals surface area contributed by atoms with E-state index < -0.39 is 0 Å². The Bertz CT molecular complexity index is 664. The van der Waals surface area contributed by atoms with Crippen molar-refractivity contribution in [3.05, 3.63) is 23.3 Å². The zero-order valence-electron chi connectivity index (χ0n) is 17.6. The molecular weight excluding hydrogens is 342 g/mol. The molecule has 27 heavy (non-hydrogen) atoms. The summed E-state index contributed by atoms with van der Waals surface area (Å²) in [5.74, 6) is 1.23. The molecule has 3 unspecified atom stereocenters. The third kappa shape index (κ3) is 3.45. The Labute approximate surface area is 163 Å². The topological polar surface area (TPSA) is 51.2 Å². The van der Waals surface area contributed by atoms with Gasteiger partial charge in [0.2, 0.25) is 0 Å². The molecule has 0 spiro atoms. The summed E-state index contributed by atoms with van der Waals surface area (Å²) in [6.45, 7) is 10.7. The summed E-state index contributed by atoms with van der Waals surface area (Å²) < 4.78 is 17.5. The number of piperidine rings is 1. The second-order valence-corrected chi connectivity index (χ2v) is 8.27. The molecule has 1 fully saturated rings. The number of methoxy groups -OCH3 is 1. The Hall–Kier alpha value is -1.30. The molecule has 1 aromatic carbocycles. The summed E-state index contributed by atoms with van der Waals surface area (Å²) >= 11 is 0. The molecule has 1 aliphatic heterocycles. The summed E-state index contributed by atoms with van der Waals surface area (Å²) in [4.78, 5) is 2.46. The lowest BCUT2D eigenvalue weighted by Crippen LogP contribution is -2.59. The number of aromatic hydroxyl groups is 1. The summed E-state index contributed by atoms with van der Waals surface area (Å²) in [7, 11) is 3.82. The lowest BCUT2D eigenvalue weighted by molar-refractivity contribution is -0.0900. The first-order chi connectivity index (χ1) is 12.9. The van der Waals surface area contributed by atoms with Gasteiger partial charge in [-0.25, -0.2) is 0 Å². The van der Waals surface area contributed by atoms with Crippen molar-refractivity contribution in [2.75, 3.05) is 33.9 Å². The first-order valence-electron chi connectivity index (χ1n) is 10.2. The number of ether oxygens (including phenoxy) is 3. The maximum Gasteiger partial charge on any atom is 0.161 e. The van der Waals surface area contributed by atoms with E-state index >= 15 is 0 Å². The molecule has 1 saturated heterocycles. The number of fused-ring (bicyclic) bond motifs is 4. The second-order valence-electron chi connectivity index (χ2n) is 8.27. The zero-order valence-corrected chi connectivity index (χ0v) is 17.6. The lowest BCUT2D eigenvalue weighted by Gasteiger charge is -2.55. The fourth-order valence-corrected chi connectivity index (χ4v) is 5.02. The summed E-state index contributed by atoms with van der Waals surface area (Å²) in [6, 6.07) is 4.46. The Morgan fingerprint density at radius 2 is 1.96 bits per heavy atom. The van der Waals surface area contributed by atoms with Crippen LogP contribution in [0.4, 0.5) is 0 Å². The Morgan fingerprint density at radius 3 is 2.63 bits per heavy atom. The van der Waals surface area contributed by atoms with E-state index in [-0.39, 0.29) is 17.6 Å². The van der Waals surface area contributed by atoms with Gasteiger partial charge in [0.1, 0.15) is 0 Å². The van der Waals surface area contributed by atoms with E-state index in [1.54, 1.807) is 7.11 Å². The van der Waals surface area contributed by atoms with E-state index in [9.17, 15) is 5.11 Å². The van der Waals surface area contributed by atoms with E-state index in [4.69, 9.17) is 14.2 Å². The Balaban J connectivity index is 1.98. The molecule has 5 heteroatoms. The number of benzene rings is 1. The predicted molar refractivity (Wildman–Crippen MR) is 107 cm³/mol. The second kappa shape index (κ2) is 7.98. The lowest BCUT2D eigenvalue weighted by atomic mass is 9.58. The molecule has 1 aliphatic carbocycles. The number of phenolic OH excluding ortho intramolecular Hbond substituents is 1. The molecule has 1 heterocycles. The number of nitrogens with zero attached hydrogens (tertiary/aromatic N) is 1. The molecule has 2 bridgehead atoms. The third-order valence-electron chi connectivity index (χ3n) is 6.99. The molecule has 0 saturated carbocycles. The predicted octanol–water partition coefficient (Wildman–Crippen LogP) is 3.37. The molecule has 2 aliphatic rings. The summed E-state index contributed by atoms with van der Waals surface area (Å²) in [5, 5.41) is 11.0. The molecule has 0 aromatic heterocycles. The highest BCUT2D eigenvalue weighted by Gasteiger charge is 2.52. The van der Waals surface area contributed by atoms with E-state index in [2.05, 4.69) is 38.8 Å². The van der Waals surface area contributed by atoms with Crippen LogP contribution in [0.3, 0.4) is 0 Å². The van der Waals surface area contributed by atoms with Gasteiger partial charge < -0.3 is 24.2 Å². The van der Waals surface area contributed by atoms with Gasteiger partial charge >= 0.3 is 0 Å². The van der Waals surface area contributed by atoms with Crippen LogP contribution in [0.1, 0.15) is 45.2 Å². The third-order valence-corrected chi connectivity index (χ3v) is 6.99. The van der Waals surface area contributed by atoms with Crippen molar-refractivity contribution in [3.63, 3.8) is 0 Å². The first kappa shape index (κ1) is 20.4. The standard InChI is InChI=1S/C22H35NO4/c1-7-26-15(3)16(4)27-13-22-10-11-23(5)18(14(22)2)12-17-8-9-19(25-6)21(24)20(17)22/h8-9,14-16,18,24H,7,10-13H2,1-6H3/t14?,15?,16?,18-,22+/m1/s1. The molecule has 152 valence electrons. The maximum atomic E-state index is 11.0. The molecular formula is C22H35NO4. The van der Waals surface area contributed by atoms with Gasteiger partial charge in [0.25, 0.3) is 0 Å².